The lowest BCUT2D eigenvalue weighted by Gasteiger charge is -2.41. The van der Waals surface area contributed by atoms with Crippen molar-refractivity contribution >= 4 is 5.78 Å². The van der Waals surface area contributed by atoms with Crippen molar-refractivity contribution in [2.45, 2.75) is 38.8 Å². The van der Waals surface area contributed by atoms with E-state index >= 15 is 0 Å². The highest BCUT2D eigenvalue weighted by molar-refractivity contribution is 5.81. The van der Waals surface area contributed by atoms with Crippen molar-refractivity contribution in [2.75, 3.05) is 6.54 Å². The number of hydrogen-bond donors (Lipinski definition) is 0. The molecule has 0 aliphatic carbocycles. The van der Waals surface area contributed by atoms with E-state index in [-0.39, 0.29) is 5.54 Å². The standard InChI is InChI=1S/C13H18N2O/c1-13(2)6-3-12(16)10-15(13)9-11-4-7-14-8-5-11/h4-5,7-8H,3,6,9-10H2,1-2H3. The first-order chi connectivity index (χ1) is 7.58. The molecular formula is C13H18N2O. The molecule has 0 radical (unpaired) electrons. The smallest absolute Gasteiger partial charge is 0.146 e. The molecule has 0 aromatic carbocycles. The Bertz CT molecular complexity index is 373. The number of pyridine rings is 1. The summed E-state index contributed by atoms with van der Waals surface area (Å²) in [5.74, 6) is 0.355. The van der Waals surface area contributed by atoms with Crippen LogP contribution >= 0.6 is 0 Å². The second kappa shape index (κ2) is 4.34. The first kappa shape index (κ1) is 11.3. The number of carbonyl (C=O) groups excluding carboxylic acids is 1. The summed E-state index contributed by atoms with van der Waals surface area (Å²) in [5, 5.41) is 0. The number of piperidine rings is 1. The Labute approximate surface area is 96.5 Å². The van der Waals surface area contributed by atoms with Crippen molar-refractivity contribution < 1.29 is 4.79 Å². The molecule has 16 heavy (non-hydrogen) atoms. The van der Waals surface area contributed by atoms with Crippen molar-refractivity contribution in [3.8, 4) is 0 Å². The molecule has 86 valence electrons. The van der Waals surface area contributed by atoms with E-state index in [1.165, 1.54) is 5.56 Å². The van der Waals surface area contributed by atoms with E-state index in [1.54, 1.807) is 12.4 Å². The predicted octanol–water partition coefficient (Wildman–Crippen LogP) is 2.03. The Hall–Kier alpha value is -1.22. The summed E-state index contributed by atoms with van der Waals surface area (Å²) in [7, 11) is 0. The van der Waals surface area contributed by atoms with Crippen molar-refractivity contribution in [2.24, 2.45) is 0 Å². The van der Waals surface area contributed by atoms with E-state index in [0.717, 1.165) is 19.4 Å². The summed E-state index contributed by atoms with van der Waals surface area (Å²) in [6.07, 6.45) is 5.28. The highest BCUT2D eigenvalue weighted by Crippen LogP contribution is 2.27. The van der Waals surface area contributed by atoms with E-state index in [1.807, 2.05) is 12.1 Å². The molecule has 0 saturated carbocycles. The molecular weight excluding hydrogens is 200 g/mol. The fourth-order valence-corrected chi connectivity index (χ4v) is 2.09. The zero-order valence-electron chi connectivity index (χ0n) is 9.94. The molecule has 3 nitrogen and oxygen atoms in total. The van der Waals surface area contributed by atoms with Gasteiger partial charge in [-0.2, -0.15) is 0 Å². The molecule has 0 bridgehead atoms. The highest BCUT2D eigenvalue weighted by atomic mass is 16.1. The third kappa shape index (κ3) is 2.47. The molecule has 3 heteroatoms. The molecule has 0 atom stereocenters. The van der Waals surface area contributed by atoms with Crippen LogP contribution in [0.4, 0.5) is 0 Å². The maximum atomic E-state index is 11.5. The van der Waals surface area contributed by atoms with E-state index in [2.05, 4.69) is 23.7 Å². The molecule has 1 aromatic heterocycles. The molecule has 0 amide bonds. The summed E-state index contributed by atoms with van der Waals surface area (Å²) in [4.78, 5) is 17.8. The summed E-state index contributed by atoms with van der Waals surface area (Å²) < 4.78 is 0. The number of nitrogens with zero attached hydrogens (tertiary/aromatic N) is 2. The van der Waals surface area contributed by atoms with Gasteiger partial charge in [0.1, 0.15) is 5.78 Å². The molecule has 0 spiro atoms. The summed E-state index contributed by atoms with van der Waals surface area (Å²) in [5.41, 5.74) is 1.34. The number of ketones is 1. The predicted molar refractivity (Wildman–Crippen MR) is 63.0 cm³/mol. The fraction of sp³-hybridized carbons (Fsp3) is 0.538. The fourth-order valence-electron chi connectivity index (χ4n) is 2.09. The van der Waals surface area contributed by atoms with Gasteiger partial charge in [0.15, 0.2) is 0 Å². The molecule has 1 aromatic rings. The van der Waals surface area contributed by atoms with Gasteiger partial charge in [-0.1, -0.05) is 0 Å². The third-order valence-electron chi connectivity index (χ3n) is 3.36. The van der Waals surface area contributed by atoms with Gasteiger partial charge in [0.2, 0.25) is 0 Å². The van der Waals surface area contributed by atoms with Gasteiger partial charge < -0.3 is 0 Å². The summed E-state index contributed by atoms with van der Waals surface area (Å²) in [6, 6.07) is 4.02. The van der Waals surface area contributed by atoms with E-state index in [4.69, 9.17) is 0 Å². The average Bonchev–Trinajstić information content (AvgIpc) is 2.26. The molecule has 1 fully saturated rings. The van der Waals surface area contributed by atoms with Crippen LogP contribution in [0, 0.1) is 0 Å². The number of likely N-dealkylation sites (tertiary alicyclic amines) is 1. The van der Waals surface area contributed by atoms with Gasteiger partial charge >= 0.3 is 0 Å². The number of hydrogen-bond acceptors (Lipinski definition) is 3. The summed E-state index contributed by atoms with van der Waals surface area (Å²) >= 11 is 0. The van der Waals surface area contributed by atoms with E-state index < -0.39 is 0 Å². The van der Waals surface area contributed by atoms with Crippen LogP contribution in [0.1, 0.15) is 32.3 Å². The first-order valence-electron chi connectivity index (χ1n) is 5.73. The van der Waals surface area contributed by atoms with Crippen LogP contribution in [0.25, 0.3) is 0 Å². The van der Waals surface area contributed by atoms with Crippen molar-refractivity contribution in [1.82, 2.24) is 9.88 Å². The largest absolute Gasteiger partial charge is 0.298 e. The van der Waals surface area contributed by atoms with Crippen LogP contribution in [0.3, 0.4) is 0 Å². The zero-order valence-corrected chi connectivity index (χ0v) is 9.94. The monoisotopic (exact) mass is 218 g/mol. The SMILES string of the molecule is CC1(C)CCC(=O)CN1Cc1ccncc1. The molecule has 1 aliphatic rings. The van der Waals surface area contributed by atoms with Crippen LogP contribution in [0.2, 0.25) is 0 Å². The minimum Gasteiger partial charge on any atom is -0.298 e. The lowest BCUT2D eigenvalue weighted by molar-refractivity contribution is -0.126. The van der Waals surface area contributed by atoms with Crippen LogP contribution in [0.15, 0.2) is 24.5 Å². The molecule has 2 heterocycles. The lowest BCUT2D eigenvalue weighted by atomic mass is 9.89. The van der Waals surface area contributed by atoms with Crippen LogP contribution < -0.4 is 0 Å². The lowest BCUT2D eigenvalue weighted by Crippen LogP contribution is -2.50. The van der Waals surface area contributed by atoms with Gasteiger partial charge in [0, 0.05) is 30.9 Å². The van der Waals surface area contributed by atoms with Crippen molar-refractivity contribution in [3.63, 3.8) is 0 Å². The van der Waals surface area contributed by atoms with Gasteiger partial charge in [0.25, 0.3) is 0 Å². The Morgan fingerprint density at radius 1 is 1.38 bits per heavy atom. The van der Waals surface area contributed by atoms with Gasteiger partial charge in [-0.15, -0.1) is 0 Å². The molecule has 0 unspecified atom stereocenters. The average molecular weight is 218 g/mol. The topological polar surface area (TPSA) is 33.2 Å². The summed E-state index contributed by atoms with van der Waals surface area (Å²) in [6.45, 7) is 5.83. The van der Waals surface area contributed by atoms with Gasteiger partial charge in [-0.05, 0) is 38.0 Å². The minimum atomic E-state index is 0.122. The second-order valence-corrected chi connectivity index (χ2v) is 5.06. The van der Waals surface area contributed by atoms with Crippen LogP contribution in [-0.4, -0.2) is 27.8 Å². The maximum absolute atomic E-state index is 11.5. The molecule has 0 N–H and O–H groups in total. The quantitative estimate of drug-likeness (QED) is 0.761. The Morgan fingerprint density at radius 3 is 2.75 bits per heavy atom. The number of aromatic nitrogens is 1. The third-order valence-corrected chi connectivity index (χ3v) is 3.36. The Morgan fingerprint density at radius 2 is 2.06 bits per heavy atom. The number of Topliss-reactive ketones (excluding diaryl/α,β-unsaturated/α-hetero) is 1. The Kier molecular flexibility index (Phi) is 3.06. The minimum absolute atomic E-state index is 0.122. The highest BCUT2D eigenvalue weighted by Gasteiger charge is 2.32. The molecule has 1 aliphatic heterocycles. The molecule has 1 saturated heterocycles. The van der Waals surface area contributed by atoms with Gasteiger partial charge in [-0.3, -0.25) is 14.7 Å². The van der Waals surface area contributed by atoms with Crippen molar-refractivity contribution in [3.05, 3.63) is 30.1 Å². The zero-order chi connectivity index (χ0) is 11.6. The number of carbonyl (C=O) groups is 1. The number of rotatable bonds is 2. The van der Waals surface area contributed by atoms with E-state index in [9.17, 15) is 4.79 Å². The molecule has 2 rings (SSSR count). The second-order valence-electron chi connectivity index (χ2n) is 5.06. The van der Waals surface area contributed by atoms with Crippen molar-refractivity contribution in [1.29, 1.82) is 0 Å². The van der Waals surface area contributed by atoms with Crippen LogP contribution in [0.5, 0.6) is 0 Å². The Balaban J connectivity index is 2.10. The van der Waals surface area contributed by atoms with E-state index in [0.29, 0.717) is 12.3 Å². The normalized spacial score (nSPS) is 21.0. The van der Waals surface area contributed by atoms with Crippen LogP contribution in [-0.2, 0) is 11.3 Å². The first-order valence-corrected chi connectivity index (χ1v) is 5.73. The van der Waals surface area contributed by atoms with Gasteiger partial charge in [0.05, 0.1) is 6.54 Å². The van der Waals surface area contributed by atoms with Gasteiger partial charge in [-0.25, -0.2) is 0 Å². The maximum Gasteiger partial charge on any atom is 0.146 e.